The highest BCUT2D eigenvalue weighted by atomic mass is 16.7. The summed E-state index contributed by atoms with van der Waals surface area (Å²) in [6.45, 7) is 2.19. The third kappa shape index (κ3) is 3.35. The minimum atomic E-state index is -0.0649. The summed E-state index contributed by atoms with van der Waals surface area (Å²) in [5, 5.41) is 0. The van der Waals surface area contributed by atoms with Gasteiger partial charge < -0.3 is 19.1 Å². The summed E-state index contributed by atoms with van der Waals surface area (Å²) in [6, 6.07) is 7.33. The van der Waals surface area contributed by atoms with Crippen LogP contribution in [0.15, 0.2) is 30.6 Å². The van der Waals surface area contributed by atoms with Crippen molar-refractivity contribution in [2.24, 2.45) is 5.92 Å². The van der Waals surface area contributed by atoms with Crippen molar-refractivity contribution in [3.63, 3.8) is 0 Å². The molecule has 7 nitrogen and oxygen atoms in total. The first-order valence-electron chi connectivity index (χ1n) is 8.73. The number of Topliss-reactive ketones (excluding diaryl/α,β-unsaturated/α-hetero) is 1. The Hall–Kier alpha value is -2.67. The Morgan fingerprint density at radius 3 is 3.04 bits per heavy atom. The fourth-order valence-electron chi connectivity index (χ4n) is 3.47. The molecule has 2 aliphatic heterocycles. The van der Waals surface area contributed by atoms with Crippen molar-refractivity contribution in [1.29, 1.82) is 0 Å². The Morgan fingerprint density at radius 1 is 1.27 bits per heavy atom. The van der Waals surface area contributed by atoms with Crippen molar-refractivity contribution in [3.05, 3.63) is 41.9 Å². The Bertz CT molecular complexity index is 811. The van der Waals surface area contributed by atoms with Gasteiger partial charge in [0.1, 0.15) is 12.1 Å². The van der Waals surface area contributed by atoms with Gasteiger partial charge in [-0.3, -0.25) is 4.79 Å². The van der Waals surface area contributed by atoms with E-state index in [0.29, 0.717) is 30.2 Å². The van der Waals surface area contributed by atoms with Gasteiger partial charge >= 0.3 is 0 Å². The van der Waals surface area contributed by atoms with Gasteiger partial charge in [-0.2, -0.15) is 0 Å². The van der Waals surface area contributed by atoms with E-state index in [-0.39, 0.29) is 18.5 Å². The van der Waals surface area contributed by atoms with E-state index in [1.165, 1.54) is 0 Å². The number of carbonyl (C=O) groups excluding carboxylic acids is 1. The van der Waals surface area contributed by atoms with Gasteiger partial charge in [-0.1, -0.05) is 0 Å². The van der Waals surface area contributed by atoms with Gasteiger partial charge in [-0.25, -0.2) is 9.97 Å². The maximum absolute atomic E-state index is 13.0. The number of methoxy groups -OCH3 is 1. The SMILES string of the molecule is COCc1cc(N2CCCC(C(=O)c3ccc4c(c3)OCO4)C2)ncn1. The van der Waals surface area contributed by atoms with Gasteiger partial charge in [0, 0.05) is 37.7 Å². The van der Waals surface area contributed by atoms with E-state index in [9.17, 15) is 4.79 Å². The van der Waals surface area contributed by atoms with Gasteiger partial charge in [-0.05, 0) is 31.0 Å². The largest absolute Gasteiger partial charge is 0.454 e. The zero-order valence-electron chi connectivity index (χ0n) is 14.7. The highest BCUT2D eigenvalue weighted by Gasteiger charge is 2.28. The number of ketones is 1. The number of aromatic nitrogens is 2. The predicted molar refractivity (Wildman–Crippen MR) is 94.6 cm³/mol. The standard InChI is InChI=1S/C19H21N3O4/c1-24-10-15-8-18(21-11-20-15)22-6-2-3-14(9-22)19(23)13-4-5-16-17(7-13)26-12-25-16/h4-5,7-8,11,14H,2-3,6,9-10,12H2,1H3. The van der Waals surface area contributed by atoms with E-state index in [1.54, 1.807) is 25.6 Å². The zero-order valence-corrected chi connectivity index (χ0v) is 14.7. The average molecular weight is 355 g/mol. The third-order valence-corrected chi connectivity index (χ3v) is 4.77. The minimum Gasteiger partial charge on any atom is -0.454 e. The van der Waals surface area contributed by atoms with Crippen LogP contribution in [0.3, 0.4) is 0 Å². The van der Waals surface area contributed by atoms with Crippen molar-refractivity contribution in [2.75, 3.05) is 31.9 Å². The molecule has 0 saturated carbocycles. The maximum Gasteiger partial charge on any atom is 0.231 e. The molecule has 2 aliphatic rings. The molecule has 7 heteroatoms. The lowest BCUT2D eigenvalue weighted by Crippen LogP contribution is -2.39. The molecule has 1 atom stereocenters. The van der Waals surface area contributed by atoms with Gasteiger partial charge in [0.2, 0.25) is 6.79 Å². The summed E-state index contributed by atoms with van der Waals surface area (Å²) in [5.74, 6) is 2.25. The molecule has 26 heavy (non-hydrogen) atoms. The molecule has 3 heterocycles. The molecule has 1 fully saturated rings. The van der Waals surface area contributed by atoms with E-state index < -0.39 is 0 Å². The first kappa shape index (κ1) is 16.8. The monoisotopic (exact) mass is 355 g/mol. The molecule has 0 N–H and O–H groups in total. The molecule has 1 aromatic carbocycles. The van der Waals surface area contributed by atoms with Crippen molar-refractivity contribution in [1.82, 2.24) is 9.97 Å². The van der Waals surface area contributed by atoms with Crippen LogP contribution in [0.25, 0.3) is 0 Å². The van der Waals surface area contributed by atoms with Crippen LogP contribution < -0.4 is 14.4 Å². The van der Waals surface area contributed by atoms with E-state index in [4.69, 9.17) is 14.2 Å². The van der Waals surface area contributed by atoms with E-state index >= 15 is 0 Å². The summed E-state index contributed by atoms with van der Waals surface area (Å²) in [5.41, 5.74) is 1.51. The van der Waals surface area contributed by atoms with Gasteiger partial charge in [-0.15, -0.1) is 0 Å². The first-order chi connectivity index (χ1) is 12.7. The third-order valence-electron chi connectivity index (χ3n) is 4.77. The van der Waals surface area contributed by atoms with Crippen LogP contribution in [0.4, 0.5) is 5.82 Å². The molecule has 0 aliphatic carbocycles. The van der Waals surface area contributed by atoms with Crippen molar-refractivity contribution >= 4 is 11.6 Å². The van der Waals surface area contributed by atoms with Gasteiger partial charge in [0.15, 0.2) is 17.3 Å². The second kappa shape index (κ2) is 7.29. The van der Waals surface area contributed by atoms with Crippen LogP contribution in [0, 0.1) is 5.92 Å². The molecule has 1 aromatic heterocycles. The number of benzene rings is 1. The van der Waals surface area contributed by atoms with Crippen LogP contribution in [-0.2, 0) is 11.3 Å². The highest BCUT2D eigenvalue weighted by molar-refractivity contribution is 5.99. The average Bonchev–Trinajstić information content (AvgIpc) is 3.16. The molecular weight excluding hydrogens is 334 g/mol. The van der Waals surface area contributed by atoms with Crippen LogP contribution in [-0.4, -0.2) is 42.7 Å². The van der Waals surface area contributed by atoms with Gasteiger partial charge in [0.25, 0.3) is 0 Å². The molecule has 0 bridgehead atoms. The Morgan fingerprint density at radius 2 is 2.15 bits per heavy atom. The van der Waals surface area contributed by atoms with Crippen LogP contribution in [0.1, 0.15) is 28.9 Å². The smallest absolute Gasteiger partial charge is 0.231 e. The summed E-state index contributed by atoms with van der Waals surface area (Å²) < 4.78 is 15.8. The number of hydrogen-bond donors (Lipinski definition) is 0. The fraction of sp³-hybridized carbons (Fsp3) is 0.421. The Kier molecular flexibility index (Phi) is 4.71. The van der Waals surface area contributed by atoms with Crippen molar-refractivity contribution < 1.29 is 19.0 Å². The number of ether oxygens (including phenoxy) is 3. The number of hydrogen-bond acceptors (Lipinski definition) is 7. The Labute approximate surface area is 151 Å². The lowest BCUT2D eigenvalue weighted by molar-refractivity contribution is 0.0906. The van der Waals surface area contributed by atoms with E-state index in [2.05, 4.69) is 14.9 Å². The topological polar surface area (TPSA) is 73.8 Å². The number of carbonyl (C=O) groups is 1. The summed E-state index contributed by atoms with van der Waals surface area (Å²) in [6.07, 6.45) is 3.37. The molecule has 1 saturated heterocycles. The molecule has 0 radical (unpaired) electrons. The number of piperidine rings is 1. The molecular formula is C19H21N3O4. The summed E-state index contributed by atoms with van der Waals surface area (Å²) in [4.78, 5) is 23.7. The number of nitrogens with zero attached hydrogens (tertiary/aromatic N) is 3. The lowest BCUT2D eigenvalue weighted by Gasteiger charge is -2.33. The number of fused-ring (bicyclic) bond motifs is 1. The second-order valence-corrected chi connectivity index (χ2v) is 6.52. The first-order valence-corrected chi connectivity index (χ1v) is 8.73. The van der Waals surface area contributed by atoms with Crippen LogP contribution >= 0.6 is 0 Å². The Balaban J connectivity index is 1.49. The van der Waals surface area contributed by atoms with Crippen LogP contribution in [0.2, 0.25) is 0 Å². The lowest BCUT2D eigenvalue weighted by atomic mass is 9.90. The summed E-state index contributed by atoms with van der Waals surface area (Å²) >= 11 is 0. The van der Waals surface area contributed by atoms with E-state index in [0.717, 1.165) is 30.9 Å². The summed E-state index contributed by atoms with van der Waals surface area (Å²) in [7, 11) is 1.64. The quantitative estimate of drug-likeness (QED) is 0.763. The fourth-order valence-corrected chi connectivity index (χ4v) is 3.47. The number of anilines is 1. The predicted octanol–water partition coefficient (Wildman–Crippen LogP) is 2.45. The normalized spacial score (nSPS) is 18.8. The number of rotatable bonds is 5. The van der Waals surface area contributed by atoms with Gasteiger partial charge in [0.05, 0.1) is 12.3 Å². The molecule has 0 amide bonds. The van der Waals surface area contributed by atoms with E-state index in [1.807, 2.05) is 12.1 Å². The molecule has 0 spiro atoms. The highest BCUT2D eigenvalue weighted by Crippen LogP contribution is 2.34. The van der Waals surface area contributed by atoms with Crippen LogP contribution in [0.5, 0.6) is 11.5 Å². The molecule has 4 rings (SSSR count). The minimum absolute atomic E-state index is 0.0649. The molecule has 2 aromatic rings. The van der Waals surface area contributed by atoms with Crippen molar-refractivity contribution in [2.45, 2.75) is 19.4 Å². The van der Waals surface area contributed by atoms with Crippen molar-refractivity contribution in [3.8, 4) is 11.5 Å². The molecule has 136 valence electrons. The zero-order chi connectivity index (χ0) is 17.9. The maximum atomic E-state index is 13.0. The second-order valence-electron chi connectivity index (χ2n) is 6.52. The molecule has 1 unspecified atom stereocenters.